The maximum atomic E-state index is 12.2. The molecular formula is C36H38BIN8O8. The molecule has 0 aliphatic rings. The van der Waals surface area contributed by atoms with Crippen molar-refractivity contribution < 1.29 is 28.1 Å². The molecule has 0 fully saturated rings. The third-order valence-electron chi connectivity index (χ3n) is 9.23. The second-order valence-corrected chi connectivity index (χ2v) is 14.1. The van der Waals surface area contributed by atoms with E-state index in [-0.39, 0.29) is 11.4 Å². The highest BCUT2D eigenvalue weighted by molar-refractivity contribution is 14.1. The summed E-state index contributed by atoms with van der Waals surface area (Å²) in [6.07, 6.45) is 0. The van der Waals surface area contributed by atoms with Crippen LogP contribution in [0.1, 0.15) is 45.8 Å². The first-order chi connectivity index (χ1) is 25.5. The molecule has 54 heavy (non-hydrogen) atoms. The van der Waals surface area contributed by atoms with Gasteiger partial charge in [-0.25, -0.2) is 9.59 Å². The number of aromatic nitrogens is 8. The van der Waals surface area contributed by atoms with Crippen LogP contribution in [0.25, 0.3) is 55.4 Å². The van der Waals surface area contributed by atoms with E-state index in [4.69, 9.17) is 23.6 Å². The Morgan fingerprint density at radius 1 is 0.593 bits per heavy atom. The van der Waals surface area contributed by atoms with E-state index >= 15 is 0 Å². The van der Waals surface area contributed by atoms with Crippen LogP contribution in [0, 0.1) is 59.0 Å². The summed E-state index contributed by atoms with van der Waals surface area (Å²) < 4.78 is 24.8. The van der Waals surface area contributed by atoms with Gasteiger partial charge in [-0.2, -0.15) is 0 Å². The van der Waals surface area contributed by atoms with Crippen molar-refractivity contribution in [3.63, 3.8) is 0 Å². The van der Waals surface area contributed by atoms with E-state index in [2.05, 4.69) is 57.7 Å². The molecule has 280 valence electrons. The zero-order chi connectivity index (χ0) is 39.3. The van der Waals surface area contributed by atoms with E-state index in [1.165, 1.54) is 0 Å². The summed E-state index contributed by atoms with van der Waals surface area (Å²) >= 11 is 2.24. The number of imidazole rings is 2. The number of fused-ring (bicyclic) bond motifs is 2. The minimum Gasteiger partial charge on any atom is -0.423 e. The average molecular weight is 848 g/mol. The SMILES string of the molecule is Cc1noc(C)c1-c1cc(-c2c(C)noc2C)c2c(c1)[nH]c(=O)n2C.Cc1noc(C)c1-c1cc(I)c2c(c1)[nH]c(=O)n2C.Cc1noc(C)c1B(O)O. The molecular weight excluding hydrogens is 810 g/mol. The van der Waals surface area contributed by atoms with Gasteiger partial charge in [0.05, 0.1) is 44.8 Å². The molecule has 18 heteroatoms. The van der Waals surface area contributed by atoms with E-state index < -0.39 is 7.12 Å². The molecule has 0 spiro atoms. The number of aryl methyl sites for hydroxylation is 10. The molecule has 16 nitrogen and oxygen atoms in total. The van der Waals surface area contributed by atoms with Gasteiger partial charge in [0, 0.05) is 45.4 Å². The normalized spacial score (nSPS) is 11.2. The van der Waals surface area contributed by atoms with Crippen molar-refractivity contribution in [3.8, 4) is 33.4 Å². The molecule has 0 unspecified atom stereocenters. The second kappa shape index (κ2) is 14.8. The van der Waals surface area contributed by atoms with Gasteiger partial charge in [-0.15, -0.1) is 0 Å². The third kappa shape index (κ3) is 6.87. The fourth-order valence-electron chi connectivity index (χ4n) is 6.72. The molecule has 0 saturated carbocycles. The number of halogens is 1. The van der Waals surface area contributed by atoms with Crippen molar-refractivity contribution in [3.05, 3.63) is 94.6 Å². The lowest BCUT2D eigenvalue weighted by Gasteiger charge is -2.09. The van der Waals surface area contributed by atoms with Gasteiger partial charge in [0.2, 0.25) is 0 Å². The lowest BCUT2D eigenvalue weighted by atomic mass is 9.79. The van der Waals surface area contributed by atoms with Crippen molar-refractivity contribution in [2.45, 2.75) is 55.4 Å². The number of hydrogen-bond acceptors (Lipinski definition) is 12. The predicted molar refractivity (Wildman–Crippen MR) is 211 cm³/mol. The Labute approximate surface area is 321 Å². The van der Waals surface area contributed by atoms with Crippen LogP contribution in [-0.4, -0.2) is 56.9 Å². The number of nitrogens with one attached hydrogen (secondary N) is 2. The standard InChI is InChI=1S/C18H18N4O3.C13H12IN3O2.C5H8BNO3/c1-8-15(10(3)24-20-8)12-6-13(16-9(2)21-25-11(16)4)17-14(7-12)19-18(23)22(17)5;1-6-11(7(2)19-16-6)8-4-9(14)12-10(5-8)15-13(18)17(12)3;1-3-5(6(8)9)4(2)10-7-3/h6-7H,1-5H3,(H,19,23);4-5H,1-3H3,(H,15,18);8-9H,1-2H3. The first kappa shape index (κ1) is 38.3. The summed E-state index contributed by atoms with van der Waals surface area (Å²) in [7, 11) is 2.03. The molecule has 0 bridgehead atoms. The quantitative estimate of drug-likeness (QED) is 0.134. The summed E-state index contributed by atoms with van der Waals surface area (Å²) in [5.41, 5.74) is 12.0. The second-order valence-electron chi connectivity index (χ2n) is 13.0. The van der Waals surface area contributed by atoms with Crippen molar-refractivity contribution in [2.75, 3.05) is 0 Å². The van der Waals surface area contributed by atoms with Crippen molar-refractivity contribution in [2.24, 2.45) is 14.1 Å². The number of nitrogens with zero attached hydrogens (tertiary/aromatic N) is 6. The van der Waals surface area contributed by atoms with Crippen molar-refractivity contribution in [1.29, 1.82) is 0 Å². The predicted octanol–water partition coefficient (Wildman–Crippen LogP) is 5.12. The maximum Gasteiger partial charge on any atom is 0.494 e. The summed E-state index contributed by atoms with van der Waals surface area (Å²) in [6.45, 7) is 14.6. The summed E-state index contributed by atoms with van der Waals surface area (Å²) in [4.78, 5) is 29.7. The van der Waals surface area contributed by atoms with Crippen LogP contribution in [0.3, 0.4) is 0 Å². The van der Waals surface area contributed by atoms with Gasteiger partial charge in [0.1, 0.15) is 23.0 Å². The first-order valence-electron chi connectivity index (χ1n) is 16.7. The Balaban J connectivity index is 0.000000151. The van der Waals surface area contributed by atoms with Crippen LogP contribution in [0.5, 0.6) is 0 Å². The summed E-state index contributed by atoms with van der Waals surface area (Å²) in [5.74, 6) is 2.68. The molecule has 0 aliphatic carbocycles. The number of H-pyrrole nitrogens is 2. The van der Waals surface area contributed by atoms with Crippen LogP contribution in [0.15, 0.2) is 51.9 Å². The van der Waals surface area contributed by atoms with Gasteiger partial charge in [0.15, 0.2) is 0 Å². The highest BCUT2D eigenvalue weighted by Crippen LogP contribution is 2.38. The monoisotopic (exact) mass is 848 g/mol. The lowest BCUT2D eigenvalue weighted by molar-refractivity contribution is 0.392. The van der Waals surface area contributed by atoms with Crippen LogP contribution in [0.4, 0.5) is 0 Å². The van der Waals surface area contributed by atoms with E-state index in [1.807, 2.05) is 65.8 Å². The van der Waals surface area contributed by atoms with Gasteiger partial charge in [0.25, 0.3) is 0 Å². The zero-order valence-electron chi connectivity index (χ0n) is 31.3. The minimum atomic E-state index is -1.48. The Morgan fingerprint density at radius 2 is 1.00 bits per heavy atom. The van der Waals surface area contributed by atoms with E-state index in [0.717, 1.165) is 87.6 Å². The maximum absolute atomic E-state index is 12.2. The van der Waals surface area contributed by atoms with Crippen LogP contribution in [0.2, 0.25) is 0 Å². The van der Waals surface area contributed by atoms with Gasteiger partial charge < -0.3 is 38.1 Å². The first-order valence-corrected chi connectivity index (χ1v) is 17.8. The number of hydrogen-bond donors (Lipinski definition) is 4. The van der Waals surface area contributed by atoms with Gasteiger partial charge >= 0.3 is 18.5 Å². The largest absolute Gasteiger partial charge is 0.494 e. The Bertz CT molecular complexity index is 2710. The number of benzene rings is 2. The van der Waals surface area contributed by atoms with Crippen LogP contribution >= 0.6 is 22.6 Å². The van der Waals surface area contributed by atoms with E-state index in [1.54, 1.807) is 37.1 Å². The third-order valence-corrected chi connectivity index (χ3v) is 10.1. The van der Waals surface area contributed by atoms with Gasteiger partial charge in [-0.3, -0.25) is 9.13 Å². The minimum absolute atomic E-state index is 0.108. The molecule has 0 radical (unpaired) electrons. The average Bonchev–Trinajstić information content (AvgIpc) is 3.93. The Hall–Kier alpha value is -5.47. The molecule has 0 saturated heterocycles. The fraction of sp³-hybridized carbons (Fsp3) is 0.278. The fourth-order valence-corrected chi connectivity index (χ4v) is 7.71. The Kier molecular flexibility index (Phi) is 10.5. The van der Waals surface area contributed by atoms with E-state index in [9.17, 15) is 9.59 Å². The number of rotatable bonds is 4. The van der Waals surface area contributed by atoms with Crippen LogP contribution < -0.4 is 16.8 Å². The summed E-state index contributed by atoms with van der Waals surface area (Å²) in [5, 5.41) is 33.1. The van der Waals surface area contributed by atoms with Crippen molar-refractivity contribution in [1.82, 2.24) is 39.7 Å². The molecule has 0 atom stereocenters. The highest BCUT2D eigenvalue weighted by atomic mass is 127. The molecule has 6 aromatic heterocycles. The number of aromatic amines is 2. The molecule has 8 aromatic rings. The highest BCUT2D eigenvalue weighted by Gasteiger charge is 2.23. The zero-order valence-corrected chi connectivity index (χ0v) is 33.4. The molecule has 4 N–H and O–H groups in total. The summed E-state index contributed by atoms with van der Waals surface area (Å²) in [6, 6.07) is 7.99. The Morgan fingerprint density at radius 3 is 1.41 bits per heavy atom. The van der Waals surface area contributed by atoms with Crippen molar-refractivity contribution >= 4 is 57.2 Å². The lowest BCUT2D eigenvalue weighted by Crippen LogP contribution is -2.32. The molecule has 8 rings (SSSR count). The molecule has 2 aromatic carbocycles. The van der Waals surface area contributed by atoms with Crippen LogP contribution in [-0.2, 0) is 14.1 Å². The topological polar surface area (TPSA) is 220 Å². The molecule has 0 amide bonds. The van der Waals surface area contributed by atoms with Gasteiger partial charge in [-0.05, 0) is 113 Å². The smallest absolute Gasteiger partial charge is 0.423 e. The van der Waals surface area contributed by atoms with Gasteiger partial charge in [-0.1, -0.05) is 20.6 Å². The van der Waals surface area contributed by atoms with E-state index in [0.29, 0.717) is 22.7 Å². The molecule has 0 aliphatic heterocycles. The molecule has 6 heterocycles.